The fraction of sp³-hybridized carbons (Fsp3) is 0.375. The number of ether oxygens (including phenoxy) is 1. The number of piperidine rings is 1. The van der Waals surface area contributed by atoms with Crippen molar-refractivity contribution in [1.29, 1.82) is 5.41 Å². The summed E-state index contributed by atoms with van der Waals surface area (Å²) in [5.41, 5.74) is 8.69. The highest BCUT2D eigenvalue weighted by molar-refractivity contribution is 5.95. The summed E-state index contributed by atoms with van der Waals surface area (Å²) in [6.07, 6.45) is 6.98. The van der Waals surface area contributed by atoms with E-state index in [9.17, 15) is 4.79 Å². The minimum Gasteiger partial charge on any atom is -0.464 e. The summed E-state index contributed by atoms with van der Waals surface area (Å²) in [4.78, 5) is 16.1. The molecule has 198 valence electrons. The van der Waals surface area contributed by atoms with Crippen molar-refractivity contribution < 1.29 is 9.53 Å². The molecule has 1 saturated heterocycles. The molecular weight excluding hydrogens is 472 g/mol. The molecule has 1 unspecified atom stereocenters. The standard InChI is InChI=1S/C32H38N4O2/c1-36-17-15-22(16-18-36)21-38-32(37)30(35-20-26-10-6-9-23-7-2-4-11-27(23)26)29-12-5-3-8-24-19-25(31(33)34)13-14-28(24)29/h2,4,6-11,13-14,19,22,30,35H,3,5,12,15-18,20-21H2,1H3,(H3,33,34). The van der Waals surface area contributed by atoms with Gasteiger partial charge in [0, 0.05) is 12.1 Å². The number of esters is 1. The van der Waals surface area contributed by atoms with E-state index in [4.69, 9.17) is 15.9 Å². The minimum absolute atomic E-state index is 0.0511. The van der Waals surface area contributed by atoms with E-state index in [2.05, 4.69) is 59.7 Å². The number of amidine groups is 1. The first-order chi connectivity index (χ1) is 18.5. The summed E-state index contributed by atoms with van der Waals surface area (Å²) in [5.74, 6) is 0.254. The van der Waals surface area contributed by atoms with Crippen LogP contribution < -0.4 is 21.5 Å². The van der Waals surface area contributed by atoms with E-state index in [1.807, 2.05) is 24.3 Å². The van der Waals surface area contributed by atoms with Crippen LogP contribution in [-0.2, 0) is 16.1 Å². The molecule has 3 aromatic rings. The van der Waals surface area contributed by atoms with Crippen LogP contribution in [0.15, 0.2) is 60.7 Å². The van der Waals surface area contributed by atoms with E-state index in [0.29, 0.717) is 24.6 Å². The van der Waals surface area contributed by atoms with Crippen LogP contribution in [0.25, 0.3) is 22.4 Å². The van der Waals surface area contributed by atoms with Gasteiger partial charge in [0.05, 0.1) is 6.61 Å². The molecule has 38 heavy (non-hydrogen) atoms. The molecule has 3 aromatic carbocycles. The molecule has 1 atom stereocenters. The maximum Gasteiger partial charge on any atom is 0.327 e. The van der Waals surface area contributed by atoms with Crippen molar-refractivity contribution in [2.75, 3.05) is 26.7 Å². The van der Waals surface area contributed by atoms with Gasteiger partial charge in [0.25, 0.3) is 0 Å². The molecule has 1 fully saturated rings. The number of nitrogens with one attached hydrogen (secondary N) is 2. The van der Waals surface area contributed by atoms with Gasteiger partial charge < -0.3 is 15.4 Å². The van der Waals surface area contributed by atoms with Crippen LogP contribution in [0.1, 0.15) is 43.2 Å². The van der Waals surface area contributed by atoms with Gasteiger partial charge in [-0.1, -0.05) is 60.7 Å². The Morgan fingerprint density at radius 1 is 1.13 bits per heavy atom. The van der Waals surface area contributed by atoms with Crippen molar-refractivity contribution in [1.82, 2.24) is 10.2 Å². The summed E-state index contributed by atoms with van der Waals surface area (Å²) < 4.78 is 6.02. The second kappa shape index (κ2) is 11.9. The Balaban J connectivity index is 1.47. The maximum atomic E-state index is 13.8. The first-order valence-electron chi connectivity index (χ1n) is 13.7. The van der Waals surface area contributed by atoms with Crippen LogP contribution in [0, 0.1) is 11.3 Å². The molecule has 5 rings (SSSR count). The predicted molar refractivity (Wildman–Crippen MR) is 154 cm³/mol. The summed E-state index contributed by atoms with van der Waals surface area (Å²) in [6, 6.07) is 20.0. The SMILES string of the molecule is CN1CCC(COC(=O)C(NCc2cccc3ccccc23)C2=c3ccc(C(=N)N)cc3=CCCC2)CC1. The molecule has 1 heterocycles. The zero-order chi connectivity index (χ0) is 26.5. The van der Waals surface area contributed by atoms with Gasteiger partial charge in [-0.2, -0.15) is 0 Å². The molecule has 0 aromatic heterocycles. The first-order valence-corrected chi connectivity index (χ1v) is 13.7. The van der Waals surface area contributed by atoms with E-state index < -0.39 is 6.04 Å². The molecule has 0 amide bonds. The molecule has 6 heteroatoms. The van der Waals surface area contributed by atoms with Crippen LogP contribution >= 0.6 is 0 Å². The zero-order valence-electron chi connectivity index (χ0n) is 22.2. The third-order valence-electron chi connectivity index (χ3n) is 7.98. The third-order valence-corrected chi connectivity index (χ3v) is 7.98. The van der Waals surface area contributed by atoms with Crippen molar-refractivity contribution >= 4 is 34.2 Å². The average Bonchev–Trinajstić information content (AvgIpc) is 3.15. The van der Waals surface area contributed by atoms with Crippen LogP contribution in [0.2, 0.25) is 0 Å². The predicted octanol–water partition coefficient (Wildman–Crippen LogP) is 3.28. The van der Waals surface area contributed by atoms with Crippen molar-refractivity contribution in [3.05, 3.63) is 82.2 Å². The number of hydrogen-bond acceptors (Lipinski definition) is 5. The average molecular weight is 511 g/mol. The van der Waals surface area contributed by atoms with Crippen LogP contribution in [0.5, 0.6) is 0 Å². The number of rotatable bonds is 8. The molecule has 0 saturated carbocycles. The number of nitrogens with zero attached hydrogens (tertiary/aromatic N) is 1. The molecule has 0 radical (unpaired) electrons. The molecule has 6 nitrogen and oxygen atoms in total. The number of nitrogens with two attached hydrogens (primary N) is 1. The normalized spacial score (nSPS) is 17.3. The van der Waals surface area contributed by atoms with E-state index in [0.717, 1.165) is 66.8 Å². The van der Waals surface area contributed by atoms with Gasteiger partial charge in [0.1, 0.15) is 11.9 Å². The van der Waals surface area contributed by atoms with Crippen molar-refractivity contribution in [3.8, 4) is 0 Å². The fourth-order valence-electron chi connectivity index (χ4n) is 5.70. The van der Waals surface area contributed by atoms with E-state index >= 15 is 0 Å². The largest absolute Gasteiger partial charge is 0.464 e. The van der Waals surface area contributed by atoms with Gasteiger partial charge in [0.2, 0.25) is 0 Å². The number of carbonyl (C=O) groups is 1. The van der Waals surface area contributed by atoms with Crippen molar-refractivity contribution in [2.24, 2.45) is 11.7 Å². The van der Waals surface area contributed by atoms with Gasteiger partial charge in [-0.15, -0.1) is 0 Å². The Morgan fingerprint density at radius 2 is 1.92 bits per heavy atom. The molecule has 4 N–H and O–H groups in total. The highest BCUT2D eigenvalue weighted by atomic mass is 16.5. The molecule has 1 aliphatic heterocycles. The highest BCUT2D eigenvalue weighted by Crippen LogP contribution is 2.22. The van der Waals surface area contributed by atoms with Gasteiger partial charge in [0.15, 0.2) is 0 Å². The number of nitrogen functional groups attached to an aromatic ring is 1. The quantitative estimate of drug-likeness (QED) is 0.246. The Bertz CT molecular complexity index is 1430. The molecule has 0 bridgehead atoms. The van der Waals surface area contributed by atoms with E-state index in [1.54, 1.807) is 0 Å². The molecular formula is C32H38N4O2. The smallest absolute Gasteiger partial charge is 0.327 e. The number of benzene rings is 3. The highest BCUT2D eigenvalue weighted by Gasteiger charge is 2.27. The second-order valence-corrected chi connectivity index (χ2v) is 10.7. The maximum absolute atomic E-state index is 13.8. The van der Waals surface area contributed by atoms with Crippen LogP contribution in [0.4, 0.5) is 0 Å². The van der Waals surface area contributed by atoms with Crippen LogP contribution in [-0.4, -0.2) is 49.5 Å². The molecule has 2 aliphatic rings. The van der Waals surface area contributed by atoms with Gasteiger partial charge in [-0.05, 0) is 96.6 Å². The number of likely N-dealkylation sites (tertiary alicyclic amines) is 1. The van der Waals surface area contributed by atoms with E-state index in [1.165, 1.54) is 10.8 Å². The van der Waals surface area contributed by atoms with Gasteiger partial charge in [-0.25, -0.2) is 4.79 Å². The topological polar surface area (TPSA) is 91.4 Å². The summed E-state index contributed by atoms with van der Waals surface area (Å²) in [5, 5.41) is 15.9. The van der Waals surface area contributed by atoms with E-state index in [-0.39, 0.29) is 11.8 Å². The van der Waals surface area contributed by atoms with Crippen LogP contribution in [0.3, 0.4) is 0 Å². The number of hydrogen-bond donors (Lipinski definition) is 3. The number of fused-ring (bicyclic) bond motifs is 2. The lowest BCUT2D eigenvalue weighted by molar-refractivity contribution is -0.146. The lowest BCUT2D eigenvalue weighted by Crippen LogP contribution is -2.44. The zero-order valence-corrected chi connectivity index (χ0v) is 22.2. The first kappa shape index (κ1) is 26.1. The minimum atomic E-state index is -0.548. The Labute approximate surface area is 224 Å². The van der Waals surface area contributed by atoms with Gasteiger partial charge in [-0.3, -0.25) is 10.7 Å². The Hall–Kier alpha value is -3.48. The second-order valence-electron chi connectivity index (χ2n) is 10.7. The lowest BCUT2D eigenvalue weighted by Gasteiger charge is -2.29. The van der Waals surface area contributed by atoms with Crippen molar-refractivity contribution in [2.45, 2.75) is 44.7 Å². The van der Waals surface area contributed by atoms with Gasteiger partial charge >= 0.3 is 5.97 Å². The number of carbonyl (C=O) groups excluding carboxylic acids is 1. The Morgan fingerprint density at radius 3 is 2.74 bits per heavy atom. The summed E-state index contributed by atoms with van der Waals surface area (Å²) >= 11 is 0. The van der Waals surface area contributed by atoms with Crippen molar-refractivity contribution in [3.63, 3.8) is 0 Å². The monoisotopic (exact) mass is 510 g/mol. The summed E-state index contributed by atoms with van der Waals surface area (Å²) in [7, 11) is 2.14. The summed E-state index contributed by atoms with van der Waals surface area (Å²) in [6.45, 7) is 3.12. The third kappa shape index (κ3) is 5.98. The Kier molecular flexibility index (Phi) is 8.20. The lowest BCUT2D eigenvalue weighted by atomic mass is 9.96. The fourth-order valence-corrected chi connectivity index (χ4v) is 5.70. The molecule has 0 spiro atoms. The molecule has 1 aliphatic carbocycles.